The topological polar surface area (TPSA) is 33.1 Å². The number of aryl methyl sites for hydroxylation is 1. The summed E-state index contributed by atoms with van der Waals surface area (Å²) in [5.41, 5.74) is 5.29. The van der Waals surface area contributed by atoms with Gasteiger partial charge in [-0.25, -0.2) is 4.39 Å². The number of pyridine rings is 1. The fourth-order valence-electron chi connectivity index (χ4n) is 4.64. The van der Waals surface area contributed by atoms with Gasteiger partial charge in [0.15, 0.2) is 5.11 Å². The molecular weight excluding hydrogens is 455 g/mol. The highest BCUT2D eigenvalue weighted by Crippen LogP contribution is 2.44. The van der Waals surface area contributed by atoms with Crippen LogP contribution in [0.25, 0.3) is 5.69 Å². The monoisotopic (exact) mass is 476 g/mol. The number of hydrogen-bond acceptors (Lipinski definition) is 2. The fraction of sp³-hybridized carbons (Fsp3) is 0.154. The molecule has 0 radical (unpaired) electrons. The van der Waals surface area contributed by atoms with Gasteiger partial charge in [-0.3, -0.25) is 4.98 Å². The summed E-state index contributed by atoms with van der Waals surface area (Å²) in [6.45, 7) is 4.01. The van der Waals surface area contributed by atoms with Crippen LogP contribution in [0.1, 0.15) is 34.7 Å². The Bertz CT molecular complexity index is 1320. The molecule has 2 aromatic carbocycles. The van der Waals surface area contributed by atoms with Crippen LogP contribution in [-0.4, -0.2) is 14.7 Å². The largest absolute Gasteiger partial charge is 0.351 e. The number of nitrogens with zero attached hydrogens (tertiary/aromatic N) is 3. The molecule has 1 fully saturated rings. The van der Waals surface area contributed by atoms with Gasteiger partial charge in [-0.2, -0.15) is 0 Å². The van der Waals surface area contributed by atoms with Crippen LogP contribution in [0.4, 0.5) is 10.1 Å². The molecule has 7 heteroatoms. The lowest BCUT2D eigenvalue weighted by molar-refractivity contribution is 0.564. The highest BCUT2D eigenvalue weighted by atomic mass is 35.5. The summed E-state index contributed by atoms with van der Waals surface area (Å²) in [4.78, 5) is 6.70. The van der Waals surface area contributed by atoms with Crippen molar-refractivity contribution in [2.45, 2.75) is 25.9 Å². The molecule has 5 rings (SSSR count). The predicted octanol–water partition coefficient (Wildman–Crippen LogP) is 6.46. The van der Waals surface area contributed by atoms with Crippen molar-refractivity contribution in [3.05, 3.63) is 112 Å². The number of nitrogens with one attached hydrogen (secondary N) is 1. The number of hydrogen-bond donors (Lipinski definition) is 1. The Morgan fingerprint density at radius 3 is 2.42 bits per heavy atom. The third-order valence-electron chi connectivity index (χ3n) is 6.09. The Balaban J connectivity index is 1.69. The van der Waals surface area contributed by atoms with Crippen LogP contribution in [0.5, 0.6) is 0 Å². The Kier molecular flexibility index (Phi) is 5.64. The maximum absolute atomic E-state index is 14.7. The molecule has 2 aromatic heterocycles. The first-order valence-electron chi connectivity index (χ1n) is 10.7. The molecule has 1 aliphatic heterocycles. The van der Waals surface area contributed by atoms with Gasteiger partial charge in [0.2, 0.25) is 0 Å². The third kappa shape index (κ3) is 3.79. The molecule has 166 valence electrons. The number of thiocarbonyl (C=S) groups is 1. The van der Waals surface area contributed by atoms with Gasteiger partial charge < -0.3 is 14.8 Å². The standard InChI is InChI=1S/C26H22ClFN4S/c1-16-15-20(17(2)31(16)23-9-4-3-7-21(23)28)25-24(22-8-5-6-14-29-22)30-26(33)32(25)19-12-10-18(27)11-13-19/h3-15,24-25H,1-2H3,(H,30,33)/t24-,25-/m0/s1. The second-order valence-electron chi connectivity index (χ2n) is 8.09. The molecule has 2 atom stereocenters. The minimum Gasteiger partial charge on any atom is -0.351 e. The summed E-state index contributed by atoms with van der Waals surface area (Å²) < 4.78 is 16.7. The van der Waals surface area contributed by atoms with Crippen molar-refractivity contribution in [3.63, 3.8) is 0 Å². The van der Waals surface area contributed by atoms with Gasteiger partial charge in [0.25, 0.3) is 0 Å². The Hall–Kier alpha value is -3.22. The molecule has 0 bridgehead atoms. The average Bonchev–Trinajstić information content (AvgIpc) is 3.31. The number of para-hydroxylation sites is 1. The molecule has 0 aliphatic carbocycles. The number of anilines is 1. The molecule has 0 amide bonds. The average molecular weight is 477 g/mol. The highest BCUT2D eigenvalue weighted by Gasteiger charge is 2.42. The lowest BCUT2D eigenvalue weighted by Gasteiger charge is -2.28. The van der Waals surface area contributed by atoms with Crippen molar-refractivity contribution >= 4 is 34.6 Å². The number of halogens is 2. The molecule has 0 unspecified atom stereocenters. The molecule has 3 heterocycles. The van der Waals surface area contributed by atoms with Crippen LogP contribution in [0.3, 0.4) is 0 Å². The van der Waals surface area contributed by atoms with Crippen LogP contribution >= 0.6 is 23.8 Å². The van der Waals surface area contributed by atoms with E-state index in [-0.39, 0.29) is 17.9 Å². The summed E-state index contributed by atoms with van der Waals surface area (Å²) in [6.07, 6.45) is 1.78. The van der Waals surface area contributed by atoms with Gasteiger partial charge in [0.1, 0.15) is 5.82 Å². The Labute approximate surface area is 202 Å². The first kappa shape index (κ1) is 21.6. The first-order chi connectivity index (χ1) is 16.0. The molecule has 1 saturated heterocycles. The zero-order valence-electron chi connectivity index (χ0n) is 18.2. The quantitative estimate of drug-likeness (QED) is 0.343. The molecule has 4 nitrogen and oxygen atoms in total. The normalized spacial score (nSPS) is 17.9. The van der Waals surface area contributed by atoms with Crippen molar-refractivity contribution < 1.29 is 4.39 Å². The van der Waals surface area contributed by atoms with Crippen molar-refractivity contribution in [2.24, 2.45) is 0 Å². The minimum atomic E-state index is -0.262. The van der Waals surface area contributed by atoms with E-state index in [9.17, 15) is 4.39 Å². The maximum Gasteiger partial charge on any atom is 0.174 e. The molecular formula is C26H22ClFN4S. The van der Waals surface area contributed by atoms with E-state index in [1.165, 1.54) is 6.07 Å². The van der Waals surface area contributed by atoms with Gasteiger partial charge in [-0.15, -0.1) is 0 Å². The van der Waals surface area contributed by atoms with Gasteiger partial charge in [0.05, 0.1) is 23.5 Å². The summed E-state index contributed by atoms with van der Waals surface area (Å²) in [5, 5.41) is 4.73. The van der Waals surface area contributed by atoms with Crippen LogP contribution in [0.2, 0.25) is 5.02 Å². The number of benzene rings is 2. The molecule has 0 saturated carbocycles. The zero-order chi connectivity index (χ0) is 23.1. The molecule has 4 aromatic rings. The van der Waals surface area contributed by atoms with Gasteiger partial charge in [-0.05, 0) is 86.2 Å². The van der Waals surface area contributed by atoms with E-state index in [1.807, 2.05) is 66.9 Å². The summed E-state index contributed by atoms with van der Waals surface area (Å²) >= 11 is 11.9. The lowest BCUT2D eigenvalue weighted by Crippen LogP contribution is -2.29. The van der Waals surface area contributed by atoms with Crippen LogP contribution in [-0.2, 0) is 0 Å². The van der Waals surface area contributed by atoms with Crippen LogP contribution in [0.15, 0.2) is 79.0 Å². The van der Waals surface area contributed by atoms with E-state index in [0.29, 0.717) is 15.8 Å². The van der Waals surface area contributed by atoms with E-state index in [2.05, 4.69) is 21.3 Å². The lowest BCUT2D eigenvalue weighted by atomic mass is 9.96. The van der Waals surface area contributed by atoms with E-state index >= 15 is 0 Å². The second-order valence-corrected chi connectivity index (χ2v) is 8.91. The minimum absolute atomic E-state index is 0.177. The maximum atomic E-state index is 14.7. The molecule has 33 heavy (non-hydrogen) atoms. The smallest absolute Gasteiger partial charge is 0.174 e. The highest BCUT2D eigenvalue weighted by molar-refractivity contribution is 7.80. The molecule has 1 N–H and O–H groups in total. The fourth-order valence-corrected chi connectivity index (χ4v) is 5.11. The van der Waals surface area contributed by atoms with Gasteiger partial charge in [0, 0.05) is 28.3 Å². The molecule has 1 aliphatic rings. The number of aromatic nitrogens is 2. The Morgan fingerprint density at radius 1 is 1.00 bits per heavy atom. The summed E-state index contributed by atoms with van der Waals surface area (Å²) in [6, 6.07) is 22.1. The Morgan fingerprint density at radius 2 is 1.73 bits per heavy atom. The SMILES string of the molecule is Cc1cc([C@H]2[C@H](c3ccccn3)NC(=S)N2c2ccc(Cl)cc2)c(C)n1-c1ccccc1F. The molecule has 0 spiro atoms. The number of rotatable bonds is 4. The van der Waals surface area contributed by atoms with Crippen LogP contribution in [0, 0.1) is 19.7 Å². The van der Waals surface area contributed by atoms with Crippen molar-refractivity contribution in [1.82, 2.24) is 14.9 Å². The van der Waals surface area contributed by atoms with Gasteiger partial charge >= 0.3 is 0 Å². The van der Waals surface area contributed by atoms with E-state index in [4.69, 9.17) is 23.8 Å². The van der Waals surface area contributed by atoms with Crippen molar-refractivity contribution in [3.8, 4) is 5.69 Å². The summed E-state index contributed by atoms with van der Waals surface area (Å²) in [7, 11) is 0. The van der Waals surface area contributed by atoms with Gasteiger partial charge in [-0.1, -0.05) is 29.8 Å². The van der Waals surface area contributed by atoms with E-state index < -0.39 is 0 Å². The summed E-state index contributed by atoms with van der Waals surface area (Å²) in [5.74, 6) is -0.262. The third-order valence-corrected chi connectivity index (χ3v) is 6.65. The van der Waals surface area contributed by atoms with E-state index in [1.54, 1.807) is 18.3 Å². The first-order valence-corrected chi connectivity index (χ1v) is 11.4. The van der Waals surface area contributed by atoms with Crippen molar-refractivity contribution in [1.29, 1.82) is 0 Å². The predicted molar refractivity (Wildman–Crippen MR) is 135 cm³/mol. The second kappa shape index (κ2) is 8.61. The zero-order valence-corrected chi connectivity index (χ0v) is 19.7. The van der Waals surface area contributed by atoms with Crippen LogP contribution < -0.4 is 10.2 Å². The van der Waals surface area contributed by atoms with Crippen molar-refractivity contribution in [2.75, 3.05) is 4.90 Å². The van der Waals surface area contributed by atoms with E-state index in [0.717, 1.165) is 28.3 Å².